The molecule has 0 unspecified atom stereocenters. The number of thiocarbonyl (C=S) groups is 1. The number of hydrogen-bond acceptors (Lipinski definition) is 2. The highest BCUT2D eigenvalue weighted by Gasteiger charge is 1.82. The number of nitrogens with two attached hydrogens (primary N) is 1. The molecule has 0 heterocycles. The summed E-state index contributed by atoms with van der Waals surface area (Å²) in [6.07, 6.45) is 0. The predicted octanol–water partition coefficient (Wildman–Crippen LogP) is 0.376. The molecule has 0 spiro atoms. The van der Waals surface area contributed by atoms with Gasteiger partial charge in [0.1, 0.15) is 0 Å². The standard InChI is InChI=1S/C10H11N3S/c11-10(14)13-12-8-4-7-9-5-2-1-3-6-9/h1-3,5-6,12H,8H2,(H3,11,13,14). The summed E-state index contributed by atoms with van der Waals surface area (Å²) in [7, 11) is 0. The fourth-order valence-corrected chi connectivity index (χ4v) is 0.915. The third-order valence-electron chi connectivity index (χ3n) is 1.39. The summed E-state index contributed by atoms with van der Waals surface area (Å²) in [6, 6.07) is 9.76. The lowest BCUT2D eigenvalue weighted by atomic mass is 10.2. The first-order valence-electron chi connectivity index (χ1n) is 4.11. The first-order valence-corrected chi connectivity index (χ1v) is 4.52. The average molecular weight is 205 g/mol. The Hall–Kier alpha value is -1.57. The molecule has 14 heavy (non-hydrogen) atoms. The molecule has 1 aromatic rings. The Morgan fingerprint density at radius 2 is 2.07 bits per heavy atom. The molecular weight excluding hydrogens is 194 g/mol. The first-order chi connectivity index (χ1) is 6.79. The van der Waals surface area contributed by atoms with Crippen LogP contribution in [-0.2, 0) is 0 Å². The lowest BCUT2D eigenvalue weighted by Gasteiger charge is -1.99. The fraction of sp³-hybridized carbons (Fsp3) is 0.100. The van der Waals surface area contributed by atoms with Crippen molar-refractivity contribution >= 4 is 17.3 Å². The zero-order valence-electron chi connectivity index (χ0n) is 7.58. The molecule has 0 aliphatic carbocycles. The molecule has 72 valence electrons. The molecule has 0 saturated heterocycles. The molecule has 0 saturated carbocycles. The van der Waals surface area contributed by atoms with Crippen molar-refractivity contribution in [3.05, 3.63) is 35.9 Å². The molecule has 0 aliphatic rings. The Bertz CT molecular complexity index is 351. The van der Waals surface area contributed by atoms with Crippen LogP contribution in [0.4, 0.5) is 0 Å². The average Bonchev–Trinajstić information content (AvgIpc) is 2.18. The van der Waals surface area contributed by atoms with Gasteiger partial charge in [0.25, 0.3) is 0 Å². The summed E-state index contributed by atoms with van der Waals surface area (Å²) in [5, 5.41) is 0.214. The van der Waals surface area contributed by atoms with Gasteiger partial charge in [0.05, 0.1) is 6.54 Å². The predicted molar refractivity (Wildman–Crippen MR) is 61.2 cm³/mol. The van der Waals surface area contributed by atoms with E-state index >= 15 is 0 Å². The molecule has 0 aliphatic heterocycles. The van der Waals surface area contributed by atoms with Gasteiger partial charge in [-0.25, -0.2) is 5.43 Å². The summed E-state index contributed by atoms with van der Waals surface area (Å²) in [5.41, 5.74) is 11.5. The van der Waals surface area contributed by atoms with Crippen LogP contribution in [-0.4, -0.2) is 11.7 Å². The van der Waals surface area contributed by atoms with Crippen LogP contribution in [0.5, 0.6) is 0 Å². The first kappa shape index (κ1) is 10.5. The van der Waals surface area contributed by atoms with E-state index in [0.717, 1.165) is 5.56 Å². The zero-order chi connectivity index (χ0) is 10.2. The number of hydrogen-bond donors (Lipinski definition) is 3. The van der Waals surface area contributed by atoms with Crippen LogP contribution in [0.25, 0.3) is 0 Å². The number of hydrazine groups is 1. The molecule has 0 amide bonds. The van der Waals surface area contributed by atoms with Crippen molar-refractivity contribution in [3.63, 3.8) is 0 Å². The third-order valence-corrected chi connectivity index (χ3v) is 1.50. The summed E-state index contributed by atoms with van der Waals surface area (Å²) >= 11 is 4.59. The number of benzene rings is 1. The second kappa shape index (κ2) is 5.97. The quantitative estimate of drug-likeness (QED) is 0.283. The lowest BCUT2D eigenvalue weighted by molar-refractivity contribution is 0.727. The van der Waals surface area contributed by atoms with Crippen molar-refractivity contribution in [2.24, 2.45) is 5.73 Å². The topological polar surface area (TPSA) is 50.1 Å². The Labute approximate surface area is 88.7 Å². The van der Waals surface area contributed by atoms with Crippen LogP contribution in [0.15, 0.2) is 30.3 Å². The van der Waals surface area contributed by atoms with Crippen molar-refractivity contribution in [2.75, 3.05) is 6.54 Å². The smallest absolute Gasteiger partial charge is 0.178 e. The molecule has 1 aromatic carbocycles. The summed E-state index contributed by atoms with van der Waals surface area (Å²) in [4.78, 5) is 0. The second-order valence-electron chi connectivity index (χ2n) is 2.51. The Morgan fingerprint density at radius 1 is 1.36 bits per heavy atom. The third kappa shape index (κ3) is 4.45. The highest BCUT2D eigenvalue weighted by molar-refractivity contribution is 7.80. The second-order valence-corrected chi connectivity index (χ2v) is 2.95. The van der Waals surface area contributed by atoms with Crippen molar-refractivity contribution in [1.82, 2.24) is 10.9 Å². The molecule has 4 heteroatoms. The maximum atomic E-state index is 5.20. The van der Waals surface area contributed by atoms with E-state index in [4.69, 9.17) is 5.73 Å². The zero-order valence-corrected chi connectivity index (χ0v) is 8.40. The van der Waals surface area contributed by atoms with E-state index in [2.05, 4.69) is 34.9 Å². The largest absolute Gasteiger partial charge is 0.375 e. The summed E-state index contributed by atoms with van der Waals surface area (Å²) in [5.74, 6) is 5.90. The van der Waals surface area contributed by atoms with Gasteiger partial charge in [-0.05, 0) is 24.4 Å². The minimum absolute atomic E-state index is 0.214. The molecule has 0 radical (unpaired) electrons. The van der Waals surface area contributed by atoms with Gasteiger partial charge >= 0.3 is 0 Å². The highest BCUT2D eigenvalue weighted by atomic mass is 32.1. The molecule has 0 aromatic heterocycles. The van der Waals surface area contributed by atoms with E-state index in [1.54, 1.807) is 0 Å². The van der Waals surface area contributed by atoms with E-state index in [-0.39, 0.29) is 5.11 Å². The molecule has 0 fully saturated rings. The number of nitrogens with one attached hydrogen (secondary N) is 2. The van der Waals surface area contributed by atoms with E-state index in [9.17, 15) is 0 Å². The van der Waals surface area contributed by atoms with Crippen LogP contribution in [0, 0.1) is 11.8 Å². The van der Waals surface area contributed by atoms with Gasteiger partial charge in [-0.1, -0.05) is 30.0 Å². The van der Waals surface area contributed by atoms with Crippen LogP contribution < -0.4 is 16.6 Å². The monoisotopic (exact) mass is 205 g/mol. The van der Waals surface area contributed by atoms with Gasteiger partial charge in [-0.2, -0.15) is 0 Å². The van der Waals surface area contributed by atoms with E-state index < -0.39 is 0 Å². The van der Waals surface area contributed by atoms with Gasteiger partial charge in [-0.15, -0.1) is 0 Å². The normalized spacial score (nSPS) is 8.57. The van der Waals surface area contributed by atoms with Crippen molar-refractivity contribution in [3.8, 4) is 11.8 Å². The van der Waals surface area contributed by atoms with Crippen molar-refractivity contribution in [1.29, 1.82) is 0 Å². The minimum Gasteiger partial charge on any atom is -0.375 e. The highest BCUT2D eigenvalue weighted by Crippen LogP contribution is 1.93. The van der Waals surface area contributed by atoms with Gasteiger partial charge in [0.15, 0.2) is 5.11 Å². The van der Waals surface area contributed by atoms with Crippen LogP contribution in [0.2, 0.25) is 0 Å². The number of rotatable bonds is 2. The van der Waals surface area contributed by atoms with E-state index in [0.29, 0.717) is 6.54 Å². The van der Waals surface area contributed by atoms with Crippen LogP contribution in [0.1, 0.15) is 5.56 Å². The summed E-state index contributed by atoms with van der Waals surface area (Å²) in [6.45, 7) is 0.492. The van der Waals surface area contributed by atoms with Crippen LogP contribution in [0.3, 0.4) is 0 Å². The fourth-order valence-electron chi connectivity index (χ4n) is 0.843. The maximum Gasteiger partial charge on any atom is 0.178 e. The van der Waals surface area contributed by atoms with Gasteiger partial charge in [0, 0.05) is 5.56 Å². The van der Waals surface area contributed by atoms with Gasteiger partial charge in [-0.3, -0.25) is 5.43 Å². The maximum absolute atomic E-state index is 5.20. The molecule has 4 N–H and O–H groups in total. The van der Waals surface area contributed by atoms with E-state index in [1.165, 1.54) is 0 Å². The lowest BCUT2D eigenvalue weighted by Crippen LogP contribution is -2.40. The Balaban J connectivity index is 2.31. The van der Waals surface area contributed by atoms with Gasteiger partial charge < -0.3 is 5.73 Å². The van der Waals surface area contributed by atoms with Crippen molar-refractivity contribution in [2.45, 2.75) is 0 Å². The minimum atomic E-state index is 0.214. The summed E-state index contributed by atoms with van der Waals surface area (Å²) < 4.78 is 0. The van der Waals surface area contributed by atoms with Crippen molar-refractivity contribution < 1.29 is 0 Å². The van der Waals surface area contributed by atoms with Crippen LogP contribution >= 0.6 is 12.2 Å². The molecule has 0 atom stereocenters. The molecular formula is C10H11N3S. The van der Waals surface area contributed by atoms with Gasteiger partial charge in [0.2, 0.25) is 0 Å². The molecule has 3 nitrogen and oxygen atoms in total. The SMILES string of the molecule is NC(=S)NNCC#Cc1ccccc1. The molecule has 0 bridgehead atoms. The Morgan fingerprint density at radius 3 is 2.71 bits per heavy atom. The Kier molecular flexibility index (Phi) is 4.48. The van der Waals surface area contributed by atoms with E-state index in [1.807, 2.05) is 30.3 Å². The molecule has 1 rings (SSSR count).